The minimum Gasteiger partial charge on any atom is -0.375 e. The quantitative estimate of drug-likeness (QED) is 0.587. The standard InChI is InChI=1S/C19H16N6O2/c1-27-12-18(26)21-14-6-4-5-13(11-14)15-8-9-17-22-23-19(25(17)24-15)16-7-2-3-10-20-16/h2-11H,12H2,1H3,(H,21,26). The molecule has 1 aromatic carbocycles. The molecule has 27 heavy (non-hydrogen) atoms. The van der Waals surface area contributed by atoms with Crippen molar-refractivity contribution in [2.75, 3.05) is 19.0 Å². The van der Waals surface area contributed by atoms with Gasteiger partial charge in [-0.05, 0) is 36.4 Å². The highest BCUT2D eigenvalue weighted by molar-refractivity contribution is 5.92. The molecule has 0 unspecified atom stereocenters. The molecule has 134 valence electrons. The van der Waals surface area contributed by atoms with Crippen LogP contribution in [0.5, 0.6) is 0 Å². The van der Waals surface area contributed by atoms with Crippen LogP contribution >= 0.6 is 0 Å². The van der Waals surface area contributed by atoms with Crippen molar-refractivity contribution in [1.29, 1.82) is 0 Å². The number of carbonyl (C=O) groups excluding carboxylic acids is 1. The molecule has 0 fully saturated rings. The molecule has 0 bridgehead atoms. The van der Waals surface area contributed by atoms with E-state index in [0.717, 1.165) is 11.3 Å². The summed E-state index contributed by atoms with van der Waals surface area (Å²) in [5, 5.41) is 15.8. The van der Waals surface area contributed by atoms with Crippen LogP contribution in [-0.2, 0) is 9.53 Å². The Labute approximate surface area is 154 Å². The predicted molar refractivity (Wildman–Crippen MR) is 100.0 cm³/mol. The number of hydrogen-bond donors (Lipinski definition) is 1. The van der Waals surface area contributed by atoms with Gasteiger partial charge in [0.05, 0.1) is 5.69 Å². The summed E-state index contributed by atoms with van der Waals surface area (Å²) in [6.07, 6.45) is 1.70. The summed E-state index contributed by atoms with van der Waals surface area (Å²) in [6, 6.07) is 16.7. The number of hydrogen-bond acceptors (Lipinski definition) is 6. The lowest BCUT2D eigenvalue weighted by Crippen LogP contribution is -2.17. The number of nitrogens with one attached hydrogen (secondary N) is 1. The SMILES string of the molecule is COCC(=O)Nc1cccc(-c2ccc3nnc(-c4ccccn4)n3n2)c1. The van der Waals surface area contributed by atoms with Gasteiger partial charge in [-0.3, -0.25) is 9.78 Å². The molecule has 0 aliphatic carbocycles. The Morgan fingerprint density at radius 3 is 2.81 bits per heavy atom. The van der Waals surface area contributed by atoms with Crippen LogP contribution in [0.4, 0.5) is 5.69 Å². The van der Waals surface area contributed by atoms with Gasteiger partial charge in [0.2, 0.25) is 11.7 Å². The second-order valence-corrected chi connectivity index (χ2v) is 5.79. The van der Waals surface area contributed by atoms with Gasteiger partial charge in [0.25, 0.3) is 0 Å². The summed E-state index contributed by atoms with van der Waals surface area (Å²) in [5.41, 5.74) is 3.57. The summed E-state index contributed by atoms with van der Waals surface area (Å²) < 4.78 is 6.50. The zero-order valence-electron chi connectivity index (χ0n) is 14.5. The number of nitrogens with zero attached hydrogens (tertiary/aromatic N) is 5. The molecule has 0 saturated carbocycles. The fourth-order valence-electron chi connectivity index (χ4n) is 2.68. The van der Waals surface area contributed by atoms with Crippen molar-refractivity contribution in [1.82, 2.24) is 24.8 Å². The summed E-state index contributed by atoms with van der Waals surface area (Å²) in [6.45, 7) is 0.00256. The molecule has 0 aliphatic heterocycles. The minimum absolute atomic E-state index is 0.00256. The van der Waals surface area contributed by atoms with Gasteiger partial charge < -0.3 is 10.1 Å². The molecule has 0 atom stereocenters. The first-order valence-corrected chi connectivity index (χ1v) is 8.28. The smallest absolute Gasteiger partial charge is 0.250 e. The average molecular weight is 360 g/mol. The van der Waals surface area contributed by atoms with Gasteiger partial charge in [-0.25, -0.2) is 0 Å². The van der Waals surface area contributed by atoms with Crippen LogP contribution in [0.3, 0.4) is 0 Å². The van der Waals surface area contributed by atoms with E-state index < -0.39 is 0 Å². The summed E-state index contributed by atoms with van der Waals surface area (Å²) >= 11 is 0. The maximum absolute atomic E-state index is 11.7. The van der Waals surface area contributed by atoms with Crippen LogP contribution in [0.1, 0.15) is 0 Å². The van der Waals surface area contributed by atoms with E-state index in [9.17, 15) is 4.79 Å². The van der Waals surface area contributed by atoms with Crippen molar-refractivity contribution >= 4 is 17.2 Å². The molecular weight excluding hydrogens is 344 g/mol. The zero-order valence-corrected chi connectivity index (χ0v) is 14.5. The van der Waals surface area contributed by atoms with Crippen molar-refractivity contribution < 1.29 is 9.53 Å². The van der Waals surface area contributed by atoms with E-state index in [-0.39, 0.29) is 12.5 Å². The Bertz CT molecular complexity index is 1090. The number of pyridine rings is 1. The van der Waals surface area contributed by atoms with Crippen molar-refractivity contribution in [3.8, 4) is 22.8 Å². The third-order valence-corrected chi connectivity index (χ3v) is 3.87. The van der Waals surface area contributed by atoms with Crippen LogP contribution < -0.4 is 5.32 Å². The Morgan fingerprint density at radius 2 is 2.00 bits per heavy atom. The van der Waals surface area contributed by atoms with E-state index in [1.807, 2.05) is 54.6 Å². The molecule has 3 aromatic heterocycles. The van der Waals surface area contributed by atoms with Gasteiger partial charge in [-0.2, -0.15) is 9.61 Å². The fourth-order valence-corrected chi connectivity index (χ4v) is 2.68. The molecule has 0 radical (unpaired) electrons. The van der Waals surface area contributed by atoms with E-state index in [1.165, 1.54) is 7.11 Å². The monoisotopic (exact) mass is 360 g/mol. The van der Waals surface area contributed by atoms with Crippen LogP contribution in [0.2, 0.25) is 0 Å². The minimum atomic E-state index is -0.214. The number of methoxy groups -OCH3 is 1. The third-order valence-electron chi connectivity index (χ3n) is 3.87. The number of amides is 1. The maximum Gasteiger partial charge on any atom is 0.250 e. The highest BCUT2D eigenvalue weighted by Gasteiger charge is 2.12. The molecule has 1 N–H and O–H groups in total. The van der Waals surface area contributed by atoms with Crippen molar-refractivity contribution in [2.24, 2.45) is 0 Å². The zero-order chi connectivity index (χ0) is 18.6. The Hall–Kier alpha value is -3.65. The number of ether oxygens (including phenoxy) is 1. The summed E-state index contributed by atoms with van der Waals surface area (Å²) in [5.74, 6) is 0.353. The molecule has 0 spiro atoms. The Kier molecular flexibility index (Phi) is 4.54. The third kappa shape index (κ3) is 3.51. The fraction of sp³-hybridized carbons (Fsp3) is 0.105. The number of aromatic nitrogens is 5. The Morgan fingerprint density at radius 1 is 1.07 bits per heavy atom. The molecular formula is C19H16N6O2. The maximum atomic E-state index is 11.7. The molecule has 0 aliphatic rings. The van der Waals surface area contributed by atoms with Gasteiger partial charge in [0, 0.05) is 24.6 Å². The molecule has 8 nitrogen and oxygen atoms in total. The lowest BCUT2D eigenvalue weighted by molar-refractivity contribution is -0.119. The van der Waals surface area contributed by atoms with Crippen molar-refractivity contribution in [2.45, 2.75) is 0 Å². The van der Waals surface area contributed by atoms with Gasteiger partial charge in [0.15, 0.2) is 5.65 Å². The van der Waals surface area contributed by atoms with Crippen LogP contribution in [0.15, 0.2) is 60.8 Å². The van der Waals surface area contributed by atoms with E-state index in [2.05, 4.69) is 25.6 Å². The molecule has 8 heteroatoms. The Balaban J connectivity index is 1.71. The normalized spacial score (nSPS) is 10.9. The lowest BCUT2D eigenvalue weighted by Gasteiger charge is -2.07. The highest BCUT2D eigenvalue weighted by atomic mass is 16.5. The summed E-state index contributed by atoms with van der Waals surface area (Å²) in [4.78, 5) is 16.0. The molecule has 1 amide bonds. The average Bonchev–Trinajstić information content (AvgIpc) is 3.12. The van der Waals surface area contributed by atoms with E-state index >= 15 is 0 Å². The first-order valence-electron chi connectivity index (χ1n) is 8.28. The lowest BCUT2D eigenvalue weighted by atomic mass is 10.1. The largest absolute Gasteiger partial charge is 0.375 e. The number of anilines is 1. The van der Waals surface area contributed by atoms with Crippen LogP contribution in [-0.4, -0.2) is 44.4 Å². The molecule has 4 rings (SSSR count). The van der Waals surface area contributed by atoms with Crippen molar-refractivity contribution in [3.63, 3.8) is 0 Å². The first kappa shape index (κ1) is 16.8. The molecule has 4 aromatic rings. The van der Waals surface area contributed by atoms with Crippen molar-refractivity contribution in [3.05, 3.63) is 60.8 Å². The predicted octanol–water partition coefficient (Wildman–Crippen LogP) is 2.44. The number of benzene rings is 1. The molecule has 3 heterocycles. The second kappa shape index (κ2) is 7.30. The van der Waals surface area contributed by atoms with E-state index in [4.69, 9.17) is 4.74 Å². The first-order chi connectivity index (χ1) is 13.2. The summed E-state index contributed by atoms with van der Waals surface area (Å²) in [7, 11) is 1.48. The number of fused-ring (bicyclic) bond motifs is 1. The second-order valence-electron chi connectivity index (χ2n) is 5.79. The number of rotatable bonds is 5. The highest BCUT2D eigenvalue weighted by Crippen LogP contribution is 2.22. The van der Waals surface area contributed by atoms with E-state index in [1.54, 1.807) is 10.7 Å². The molecule has 0 saturated heterocycles. The van der Waals surface area contributed by atoms with Gasteiger partial charge >= 0.3 is 0 Å². The van der Waals surface area contributed by atoms with Gasteiger partial charge in [0.1, 0.15) is 12.3 Å². The van der Waals surface area contributed by atoms with Crippen LogP contribution in [0.25, 0.3) is 28.4 Å². The topological polar surface area (TPSA) is 94.3 Å². The van der Waals surface area contributed by atoms with E-state index in [0.29, 0.717) is 22.9 Å². The van der Waals surface area contributed by atoms with Gasteiger partial charge in [-0.1, -0.05) is 18.2 Å². The van der Waals surface area contributed by atoms with Crippen LogP contribution in [0, 0.1) is 0 Å². The number of carbonyl (C=O) groups is 1. The van der Waals surface area contributed by atoms with Gasteiger partial charge in [-0.15, -0.1) is 10.2 Å².